The number of urea groups is 1. The largest absolute Gasteiger partial charge is 0.329 e. The van der Waals surface area contributed by atoms with Gasteiger partial charge < -0.3 is 0 Å². The number of benzene rings is 1. The van der Waals surface area contributed by atoms with Crippen LogP contribution in [0.25, 0.3) is 10.9 Å². The molecule has 9 nitrogen and oxygen atoms in total. The van der Waals surface area contributed by atoms with Crippen LogP contribution in [0.2, 0.25) is 0 Å². The second-order valence-corrected chi connectivity index (χ2v) is 4.66. The zero-order valence-corrected chi connectivity index (χ0v) is 11.1. The molecular formula is C12H11N5O4. The molecule has 0 saturated carbocycles. The lowest BCUT2D eigenvalue weighted by molar-refractivity contribution is -0.384. The van der Waals surface area contributed by atoms with E-state index in [-0.39, 0.29) is 24.6 Å². The number of rotatable bonds is 2. The number of carbonyl (C=O) groups is 2. The molecule has 1 aliphatic rings. The number of nitro groups is 1. The van der Waals surface area contributed by atoms with E-state index in [2.05, 4.69) is 10.4 Å². The quantitative estimate of drug-likeness (QED) is 0.653. The molecule has 21 heavy (non-hydrogen) atoms. The predicted octanol–water partition coefficient (Wildman–Crippen LogP) is 0.928. The first-order valence-corrected chi connectivity index (χ1v) is 6.20. The summed E-state index contributed by atoms with van der Waals surface area (Å²) in [6, 6.07) is 3.78. The molecule has 0 spiro atoms. The minimum atomic E-state index is -0.537. The van der Waals surface area contributed by atoms with Gasteiger partial charge in [-0.15, -0.1) is 0 Å². The maximum atomic E-state index is 11.9. The fourth-order valence-electron chi connectivity index (χ4n) is 2.31. The molecule has 3 rings (SSSR count). The fourth-order valence-corrected chi connectivity index (χ4v) is 2.31. The highest BCUT2D eigenvalue weighted by atomic mass is 16.6. The van der Waals surface area contributed by atoms with Gasteiger partial charge in [-0.2, -0.15) is 5.10 Å². The van der Waals surface area contributed by atoms with E-state index in [1.165, 1.54) is 21.7 Å². The molecule has 1 aliphatic heterocycles. The van der Waals surface area contributed by atoms with Crippen LogP contribution in [-0.2, 0) is 11.8 Å². The van der Waals surface area contributed by atoms with Crippen molar-refractivity contribution in [3.05, 3.63) is 28.3 Å². The van der Waals surface area contributed by atoms with Gasteiger partial charge in [0.1, 0.15) is 0 Å². The topological polar surface area (TPSA) is 110 Å². The SMILES string of the molecule is Cn1nc(N2CCC(=O)NC2=O)c2ccc([N+](=O)[O-])cc21. The first kappa shape index (κ1) is 13.0. The zero-order chi connectivity index (χ0) is 15.1. The van der Waals surface area contributed by atoms with Gasteiger partial charge in [-0.1, -0.05) is 0 Å². The van der Waals surface area contributed by atoms with Gasteiger partial charge in [0.2, 0.25) is 5.91 Å². The molecule has 1 fully saturated rings. The Hall–Kier alpha value is -2.97. The normalized spacial score (nSPS) is 15.4. The van der Waals surface area contributed by atoms with Crippen LogP contribution in [-0.4, -0.2) is 33.2 Å². The summed E-state index contributed by atoms with van der Waals surface area (Å²) in [6.45, 7) is 0.230. The van der Waals surface area contributed by atoms with E-state index in [0.29, 0.717) is 16.7 Å². The molecule has 1 saturated heterocycles. The lowest BCUT2D eigenvalue weighted by Crippen LogP contribution is -2.49. The average molecular weight is 289 g/mol. The van der Waals surface area contributed by atoms with E-state index in [1.54, 1.807) is 13.1 Å². The lowest BCUT2D eigenvalue weighted by atomic mass is 10.2. The molecule has 0 atom stereocenters. The molecule has 1 aromatic heterocycles. The van der Waals surface area contributed by atoms with E-state index in [0.717, 1.165) is 0 Å². The molecule has 0 radical (unpaired) electrons. The maximum absolute atomic E-state index is 11.9. The van der Waals surface area contributed by atoms with Crippen molar-refractivity contribution in [2.24, 2.45) is 7.05 Å². The van der Waals surface area contributed by atoms with Crippen molar-refractivity contribution in [2.75, 3.05) is 11.4 Å². The van der Waals surface area contributed by atoms with Crippen LogP contribution in [0.4, 0.5) is 16.3 Å². The van der Waals surface area contributed by atoms with E-state index in [1.807, 2.05) is 0 Å². The molecular weight excluding hydrogens is 278 g/mol. The number of aromatic nitrogens is 2. The Morgan fingerprint density at radius 2 is 2.14 bits per heavy atom. The summed E-state index contributed by atoms with van der Waals surface area (Å²) in [5.74, 6) is 0.0551. The minimum absolute atomic E-state index is 0.0460. The molecule has 2 heterocycles. The third kappa shape index (κ3) is 2.08. The van der Waals surface area contributed by atoms with Gasteiger partial charge in [-0.3, -0.25) is 29.8 Å². The number of amides is 3. The number of nitrogens with zero attached hydrogens (tertiary/aromatic N) is 4. The number of anilines is 1. The molecule has 3 amide bonds. The average Bonchev–Trinajstić information content (AvgIpc) is 2.75. The number of carbonyl (C=O) groups excluding carboxylic acids is 2. The Morgan fingerprint density at radius 1 is 1.38 bits per heavy atom. The predicted molar refractivity (Wildman–Crippen MR) is 72.9 cm³/mol. The van der Waals surface area contributed by atoms with Crippen molar-refractivity contribution in [2.45, 2.75) is 6.42 Å². The summed E-state index contributed by atoms with van der Waals surface area (Å²) in [6.07, 6.45) is 0.191. The number of hydrogen-bond acceptors (Lipinski definition) is 5. The van der Waals surface area contributed by atoms with Crippen LogP contribution >= 0.6 is 0 Å². The molecule has 0 unspecified atom stereocenters. The van der Waals surface area contributed by atoms with E-state index in [9.17, 15) is 19.7 Å². The monoisotopic (exact) mass is 289 g/mol. The van der Waals surface area contributed by atoms with Gasteiger partial charge in [0.25, 0.3) is 5.69 Å². The molecule has 0 bridgehead atoms. The zero-order valence-electron chi connectivity index (χ0n) is 11.1. The van der Waals surface area contributed by atoms with Crippen molar-refractivity contribution < 1.29 is 14.5 Å². The summed E-state index contributed by atoms with van der Waals surface area (Å²) < 4.78 is 1.47. The smallest absolute Gasteiger partial charge is 0.278 e. The van der Waals surface area contributed by atoms with E-state index in [4.69, 9.17) is 0 Å². The Kier molecular flexibility index (Phi) is 2.82. The Morgan fingerprint density at radius 3 is 2.81 bits per heavy atom. The summed E-state index contributed by atoms with van der Waals surface area (Å²) in [4.78, 5) is 34.7. The van der Waals surface area contributed by atoms with Crippen molar-refractivity contribution in [1.29, 1.82) is 0 Å². The second kappa shape index (κ2) is 4.54. The maximum Gasteiger partial charge on any atom is 0.329 e. The Bertz CT molecular complexity index is 781. The highest BCUT2D eigenvalue weighted by Crippen LogP contribution is 2.29. The summed E-state index contributed by atoms with van der Waals surface area (Å²) >= 11 is 0. The molecule has 1 N–H and O–H groups in total. The summed E-state index contributed by atoms with van der Waals surface area (Å²) in [5, 5.41) is 17.9. The van der Waals surface area contributed by atoms with Crippen LogP contribution in [0.3, 0.4) is 0 Å². The van der Waals surface area contributed by atoms with Gasteiger partial charge in [-0.05, 0) is 6.07 Å². The summed E-state index contributed by atoms with van der Waals surface area (Å²) in [5.41, 5.74) is 0.499. The Balaban J connectivity index is 2.10. The number of nitrogens with one attached hydrogen (secondary N) is 1. The lowest BCUT2D eigenvalue weighted by Gasteiger charge is -2.24. The van der Waals surface area contributed by atoms with Crippen LogP contribution in [0.5, 0.6) is 0 Å². The molecule has 2 aromatic rings. The standard InChI is InChI=1S/C12H11N5O4/c1-15-9-6-7(17(20)21)2-3-8(9)11(14-15)16-5-4-10(18)13-12(16)19/h2-3,6H,4-5H2,1H3,(H,13,18,19). The van der Waals surface area contributed by atoms with Crippen LogP contribution in [0.15, 0.2) is 18.2 Å². The van der Waals surface area contributed by atoms with Crippen molar-refractivity contribution in [3.63, 3.8) is 0 Å². The molecule has 0 aliphatic carbocycles. The third-order valence-electron chi connectivity index (χ3n) is 3.34. The van der Waals surface area contributed by atoms with E-state index >= 15 is 0 Å². The number of hydrogen-bond donors (Lipinski definition) is 1. The fraction of sp³-hybridized carbons (Fsp3) is 0.250. The van der Waals surface area contributed by atoms with Crippen LogP contribution < -0.4 is 10.2 Å². The summed E-state index contributed by atoms with van der Waals surface area (Å²) in [7, 11) is 1.64. The van der Waals surface area contributed by atoms with Crippen LogP contribution in [0.1, 0.15) is 6.42 Å². The number of aryl methyl sites for hydroxylation is 1. The Labute approximate surface area is 118 Å². The van der Waals surface area contributed by atoms with Gasteiger partial charge in [0.05, 0.1) is 10.4 Å². The number of imide groups is 1. The van der Waals surface area contributed by atoms with E-state index < -0.39 is 11.0 Å². The first-order chi connectivity index (χ1) is 9.97. The van der Waals surface area contributed by atoms with Crippen molar-refractivity contribution in [3.8, 4) is 0 Å². The van der Waals surface area contributed by atoms with Gasteiger partial charge in [0, 0.05) is 37.5 Å². The van der Waals surface area contributed by atoms with Crippen molar-refractivity contribution in [1.82, 2.24) is 15.1 Å². The van der Waals surface area contributed by atoms with Gasteiger partial charge >= 0.3 is 6.03 Å². The van der Waals surface area contributed by atoms with Crippen LogP contribution in [0, 0.1) is 10.1 Å². The second-order valence-electron chi connectivity index (χ2n) is 4.66. The number of fused-ring (bicyclic) bond motifs is 1. The highest BCUT2D eigenvalue weighted by molar-refractivity contribution is 6.08. The third-order valence-corrected chi connectivity index (χ3v) is 3.34. The molecule has 1 aromatic carbocycles. The highest BCUT2D eigenvalue weighted by Gasteiger charge is 2.28. The minimum Gasteiger partial charge on any atom is -0.278 e. The van der Waals surface area contributed by atoms with Gasteiger partial charge in [0.15, 0.2) is 5.82 Å². The van der Waals surface area contributed by atoms with Crippen molar-refractivity contribution >= 4 is 34.3 Å². The van der Waals surface area contributed by atoms with Gasteiger partial charge in [-0.25, -0.2) is 4.79 Å². The number of nitro benzene ring substituents is 1. The molecule has 108 valence electrons. The molecule has 9 heteroatoms. The first-order valence-electron chi connectivity index (χ1n) is 6.20. The number of non-ortho nitro benzene ring substituents is 1.